The molecule has 3 heterocycles. The fraction of sp³-hybridized carbons (Fsp3) is 0.562. The Labute approximate surface area is 145 Å². The topological polar surface area (TPSA) is 79.7 Å². The molecule has 2 aromatic rings. The molecule has 1 N–H and O–H groups in total. The van der Waals surface area contributed by atoms with Crippen molar-refractivity contribution in [3.63, 3.8) is 0 Å². The maximum absolute atomic E-state index is 13.0. The number of fused-ring (bicyclic) bond motifs is 2. The summed E-state index contributed by atoms with van der Waals surface area (Å²) in [6.45, 7) is 3.68. The Bertz CT molecular complexity index is 949. The Morgan fingerprint density at radius 2 is 2.15 bits per heavy atom. The van der Waals surface area contributed by atoms with Gasteiger partial charge in [0.15, 0.2) is 5.65 Å². The van der Waals surface area contributed by atoms with Crippen LogP contribution in [0.2, 0.25) is 0 Å². The number of nitrogens with zero attached hydrogens (tertiary/aromatic N) is 3. The monoisotopic (exact) mass is 370 g/mol. The number of morpholine rings is 1. The number of hydrogen-bond donors (Lipinski definition) is 1. The minimum Gasteiger partial charge on any atom is -0.373 e. The van der Waals surface area contributed by atoms with Crippen LogP contribution in [0.5, 0.6) is 0 Å². The first kappa shape index (κ1) is 17.1. The van der Waals surface area contributed by atoms with Crippen LogP contribution in [0.15, 0.2) is 10.9 Å². The second-order valence-corrected chi connectivity index (χ2v) is 6.73. The van der Waals surface area contributed by atoms with Gasteiger partial charge in [0, 0.05) is 29.6 Å². The van der Waals surface area contributed by atoms with E-state index in [4.69, 9.17) is 4.74 Å². The van der Waals surface area contributed by atoms with Crippen molar-refractivity contribution >= 4 is 11.6 Å². The van der Waals surface area contributed by atoms with Crippen LogP contribution in [0.4, 0.5) is 13.2 Å². The number of amides is 1. The summed E-state index contributed by atoms with van der Waals surface area (Å²) < 4.78 is 45.8. The quantitative estimate of drug-likeness (QED) is 0.854. The van der Waals surface area contributed by atoms with Crippen LogP contribution in [0.25, 0.3) is 5.65 Å². The van der Waals surface area contributed by atoms with Gasteiger partial charge in [-0.3, -0.25) is 14.7 Å². The third kappa shape index (κ3) is 2.59. The zero-order valence-electron chi connectivity index (χ0n) is 14.1. The number of nitrogens with one attached hydrogen (secondary N) is 1. The molecule has 0 spiro atoms. The maximum Gasteiger partial charge on any atom is 0.396 e. The van der Waals surface area contributed by atoms with Crippen LogP contribution < -0.4 is 5.56 Å². The predicted octanol–water partition coefficient (Wildman–Crippen LogP) is 0.970. The molecule has 1 saturated carbocycles. The Morgan fingerprint density at radius 3 is 2.85 bits per heavy atom. The average Bonchev–Trinajstić information content (AvgIpc) is 3.19. The molecule has 2 fully saturated rings. The van der Waals surface area contributed by atoms with Gasteiger partial charge in [-0.15, -0.1) is 0 Å². The van der Waals surface area contributed by atoms with Crippen molar-refractivity contribution in [3.8, 4) is 0 Å². The number of carbonyl (C=O) groups excluding carboxylic acids is 1. The lowest BCUT2D eigenvalue weighted by Gasteiger charge is -2.27. The Kier molecular flexibility index (Phi) is 3.66. The summed E-state index contributed by atoms with van der Waals surface area (Å²) in [5.41, 5.74) is 1.93. The van der Waals surface area contributed by atoms with Gasteiger partial charge < -0.3 is 9.64 Å². The third-order valence-corrected chi connectivity index (χ3v) is 5.15. The molecular weight excluding hydrogens is 353 g/mol. The molecule has 140 valence electrons. The molecular formula is C16H17F3N4O3. The summed E-state index contributed by atoms with van der Waals surface area (Å²) in [5, 5.41) is 2.60. The van der Waals surface area contributed by atoms with E-state index in [0.717, 1.165) is 0 Å². The number of ether oxygens (including phenoxy) is 1. The summed E-state index contributed by atoms with van der Waals surface area (Å²) in [6, 6.07) is 0.399. The molecule has 7 nitrogen and oxygen atoms in total. The van der Waals surface area contributed by atoms with Crippen LogP contribution in [-0.4, -0.2) is 56.9 Å². The summed E-state index contributed by atoms with van der Waals surface area (Å²) in [5.74, 6) is -2.01. The molecule has 1 amide bonds. The van der Waals surface area contributed by atoms with Crippen molar-refractivity contribution in [2.24, 2.45) is 5.92 Å². The van der Waals surface area contributed by atoms with Crippen LogP contribution in [0, 0.1) is 19.8 Å². The van der Waals surface area contributed by atoms with Gasteiger partial charge in [0.1, 0.15) is 5.92 Å². The van der Waals surface area contributed by atoms with Crippen LogP contribution in [0.3, 0.4) is 0 Å². The zero-order chi connectivity index (χ0) is 18.8. The summed E-state index contributed by atoms with van der Waals surface area (Å²) in [7, 11) is 0. The van der Waals surface area contributed by atoms with E-state index in [1.165, 1.54) is 15.5 Å². The van der Waals surface area contributed by atoms with E-state index in [2.05, 4.69) is 10.1 Å². The SMILES string of the molecule is Cc1nc2cc(=O)[nH]n2c(C)c1CC(=O)N1CCO[C@H]2[C@@H]1[C@@H]2C(F)(F)F. The van der Waals surface area contributed by atoms with E-state index in [9.17, 15) is 22.8 Å². The molecule has 3 atom stereocenters. The first-order valence-electron chi connectivity index (χ1n) is 8.24. The highest BCUT2D eigenvalue weighted by atomic mass is 19.4. The van der Waals surface area contributed by atoms with Gasteiger partial charge in [0.05, 0.1) is 25.2 Å². The molecule has 0 radical (unpaired) electrons. The number of rotatable bonds is 2. The number of alkyl halides is 3. The number of aryl methyl sites for hydroxylation is 2. The Balaban J connectivity index is 1.61. The number of halogens is 3. The Morgan fingerprint density at radius 1 is 1.42 bits per heavy atom. The number of H-pyrrole nitrogens is 1. The standard InChI is InChI=1S/C16H17F3N4O3/c1-7-9(8(2)23-10(20-7)6-11(24)21-23)5-12(25)22-3-4-26-15-13(14(15)22)16(17,18)19/h6,13-15H,3-5H2,1-2H3,(H,21,24)/t13-,14-,15+/m0/s1. The van der Waals surface area contributed by atoms with E-state index in [-0.39, 0.29) is 25.1 Å². The van der Waals surface area contributed by atoms with Crippen molar-refractivity contribution in [1.82, 2.24) is 19.5 Å². The second-order valence-electron chi connectivity index (χ2n) is 6.73. The van der Waals surface area contributed by atoms with E-state index in [1.54, 1.807) is 13.8 Å². The molecule has 2 aliphatic rings. The van der Waals surface area contributed by atoms with E-state index in [1.807, 2.05) is 0 Å². The van der Waals surface area contributed by atoms with Crippen molar-refractivity contribution < 1.29 is 22.7 Å². The van der Waals surface area contributed by atoms with Gasteiger partial charge >= 0.3 is 6.18 Å². The fourth-order valence-electron chi connectivity index (χ4n) is 3.81. The van der Waals surface area contributed by atoms with Gasteiger partial charge in [0.2, 0.25) is 5.91 Å². The fourth-order valence-corrected chi connectivity index (χ4v) is 3.81. The molecule has 10 heteroatoms. The minimum atomic E-state index is -4.38. The lowest BCUT2D eigenvalue weighted by Crippen LogP contribution is -2.42. The smallest absolute Gasteiger partial charge is 0.373 e. The molecule has 0 aromatic carbocycles. The highest BCUT2D eigenvalue weighted by Gasteiger charge is 2.69. The largest absolute Gasteiger partial charge is 0.396 e. The van der Waals surface area contributed by atoms with Crippen LogP contribution >= 0.6 is 0 Å². The van der Waals surface area contributed by atoms with Crippen molar-refractivity contribution in [3.05, 3.63) is 33.4 Å². The highest BCUT2D eigenvalue weighted by Crippen LogP contribution is 2.51. The predicted molar refractivity (Wildman–Crippen MR) is 83.8 cm³/mol. The van der Waals surface area contributed by atoms with E-state index in [0.29, 0.717) is 22.6 Å². The number of aromatic amines is 1. The van der Waals surface area contributed by atoms with Gasteiger partial charge in [-0.1, -0.05) is 0 Å². The Hall–Kier alpha value is -2.36. The second kappa shape index (κ2) is 5.57. The van der Waals surface area contributed by atoms with Gasteiger partial charge in [-0.05, 0) is 13.8 Å². The summed E-state index contributed by atoms with van der Waals surface area (Å²) in [4.78, 5) is 29.8. The van der Waals surface area contributed by atoms with Crippen LogP contribution in [-0.2, 0) is 16.0 Å². The lowest BCUT2D eigenvalue weighted by atomic mass is 10.1. The van der Waals surface area contributed by atoms with Crippen molar-refractivity contribution in [1.29, 1.82) is 0 Å². The third-order valence-electron chi connectivity index (χ3n) is 5.15. The average molecular weight is 370 g/mol. The molecule has 4 rings (SSSR count). The van der Waals surface area contributed by atoms with Crippen LogP contribution in [0.1, 0.15) is 17.0 Å². The summed E-state index contributed by atoms with van der Waals surface area (Å²) >= 11 is 0. The minimum absolute atomic E-state index is 0.0748. The first-order chi connectivity index (χ1) is 12.2. The molecule has 26 heavy (non-hydrogen) atoms. The maximum atomic E-state index is 13.0. The molecule has 0 bridgehead atoms. The summed E-state index contributed by atoms with van der Waals surface area (Å²) in [6.07, 6.45) is -5.42. The van der Waals surface area contributed by atoms with Crippen molar-refractivity contribution in [2.75, 3.05) is 13.2 Å². The number of carbonyl (C=O) groups is 1. The molecule has 2 aromatic heterocycles. The molecule has 1 aliphatic heterocycles. The van der Waals surface area contributed by atoms with Crippen molar-refractivity contribution in [2.45, 2.75) is 38.6 Å². The first-order valence-corrected chi connectivity index (χ1v) is 8.24. The van der Waals surface area contributed by atoms with Gasteiger partial charge in [0.25, 0.3) is 5.56 Å². The number of aromatic nitrogens is 3. The van der Waals surface area contributed by atoms with E-state index < -0.39 is 30.1 Å². The molecule has 1 saturated heterocycles. The molecule has 0 unspecified atom stereocenters. The van der Waals surface area contributed by atoms with Gasteiger partial charge in [-0.2, -0.15) is 13.2 Å². The number of hydrogen-bond acceptors (Lipinski definition) is 4. The highest BCUT2D eigenvalue weighted by molar-refractivity contribution is 5.80. The lowest BCUT2D eigenvalue weighted by molar-refractivity contribution is -0.157. The zero-order valence-corrected chi connectivity index (χ0v) is 14.1. The van der Waals surface area contributed by atoms with Gasteiger partial charge in [-0.25, -0.2) is 9.50 Å². The normalized spacial score (nSPS) is 25.4. The molecule has 1 aliphatic carbocycles. The van der Waals surface area contributed by atoms with E-state index >= 15 is 0 Å².